The molecule has 3 rings (SSSR count). The van der Waals surface area contributed by atoms with Gasteiger partial charge in [-0.25, -0.2) is 9.97 Å². The summed E-state index contributed by atoms with van der Waals surface area (Å²) in [6.45, 7) is 8.47. The number of hydrogen-bond donors (Lipinski definition) is 0. The molecule has 172 valence electrons. The maximum atomic E-state index is 4.26. The largest absolute Gasteiger partial charge is 0.372 e. The number of unbranched alkanes of at least 4 members (excludes halogenated alkanes) is 3. The van der Waals surface area contributed by atoms with Crippen LogP contribution in [-0.4, -0.2) is 23.1 Å². The summed E-state index contributed by atoms with van der Waals surface area (Å²) < 4.78 is 0. The van der Waals surface area contributed by atoms with Crippen molar-refractivity contribution in [2.24, 2.45) is 20.5 Å². The average Bonchev–Trinajstić information content (AvgIpc) is 2.87. The third kappa shape index (κ3) is 7.86. The Morgan fingerprint density at radius 2 is 1.21 bits per heavy atom. The van der Waals surface area contributed by atoms with Gasteiger partial charge in [-0.15, -0.1) is 15.3 Å². The van der Waals surface area contributed by atoms with Crippen molar-refractivity contribution >= 4 is 28.7 Å². The van der Waals surface area contributed by atoms with Crippen LogP contribution in [0.15, 0.2) is 81.4 Å². The Hall–Kier alpha value is -3.48. The maximum absolute atomic E-state index is 4.26. The lowest BCUT2D eigenvalue weighted by Crippen LogP contribution is -2.21. The fraction of sp³-hybridized carbons (Fsp3) is 0.385. The lowest BCUT2D eigenvalue weighted by atomic mass is 10.1. The average molecular weight is 444 g/mol. The number of benzene rings is 2. The summed E-state index contributed by atoms with van der Waals surface area (Å²) in [7, 11) is 0. The van der Waals surface area contributed by atoms with Crippen molar-refractivity contribution in [3.05, 3.63) is 66.5 Å². The molecule has 3 aromatic rings. The summed E-state index contributed by atoms with van der Waals surface area (Å²) in [5.41, 5.74) is 4.64. The highest BCUT2D eigenvalue weighted by atomic mass is 15.2. The monoisotopic (exact) mass is 443 g/mol. The molecule has 2 aromatic carbocycles. The first-order valence-electron chi connectivity index (χ1n) is 11.8. The molecule has 33 heavy (non-hydrogen) atoms. The van der Waals surface area contributed by atoms with E-state index in [4.69, 9.17) is 0 Å². The fourth-order valence-corrected chi connectivity index (χ4v) is 3.44. The van der Waals surface area contributed by atoms with Gasteiger partial charge in [-0.1, -0.05) is 38.3 Å². The van der Waals surface area contributed by atoms with Crippen LogP contribution < -0.4 is 4.90 Å². The smallest absolute Gasteiger partial charge is 0.268 e. The highest BCUT2D eigenvalue weighted by molar-refractivity contribution is 5.52. The lowest BCUT2D eigenvalue weighted by molar-refractivity contribution is 0.667. The van der Waals surface area contributed by atoms with Gasteiger partial charge in [0.05, 0.1) is 23.8 Å². The third-order valence-electron chi connectivity index (χ3n) is 5.39. The van der Waals surface area contributed by atoms with Crippen LogP contribution in [0, 0.1) is 0 Å². The molecule has 0 fully saturated rings. The van der Waals surface area contributed by atoms with E-state index in [1.807, 2.05) is 24.3 Å². The van der Waals surface area contributed by atoms with Crippen molar-refractivity contribution in [3.63, 3.8) is 0 Å². The van der Waals surface area contributed by atoms with Crippen LogP contribution in [0.4, 0.5) is 28.7 Å². The minimum Gasteiger partial charge on any atom is -0.372 e. The number of rotatable bonds is 12. The first-order chi connectivity index (χ1) is 16.2. The third-order valence-corrected chi connectivity index (χ3v) is 5.39. The summed E-state index contributed by atoms with van der Waals surface area (Å²) in [5, 5.41) is 16.8. The van der Waals surface area contributed by atoms with E-state index in [1.54, 1.807) is 12.4 Å². The molecule has 1 heterocycles. The second-order valence-electron chi connectivity index (χ2n) is 7.81. The highest BCUT2D eigenvalue weighted by Crippen LogP contribution is 2.23. The SMILES string of the molecule is CCCCCCc1ccc(N=Nc2ncc(N=Nc3ccc(N(CC)CC)cc3)cn2)cc1. The van der Waals surface area contributed by atoms with Crippen molar-refractivity contribution in [1.82, 2.24) is 9.97 Å². The second kappa shape index (κ2) is 13.2. The van der Waals surface area contributed by atoms with Crippen LogP contribution in [0.25, 0.3) is 0 Å². The normalized spacial score (nSPS) is 11.5. The first kappa shape index (κ1) is 24.2. The molecule has 0 saturated carbocycles. The molecule has 0 radical (unpaired) electrons. The van der Waals surface area contributed by atoms with Crippen LogP contribution in [0.3, 0.4) is 0 Å². The molecule has 0 spiro atoms. The van der Waals surface area contributed by atoms with Crippen molar-refractivity contribution in [2.75, 3.05) is 18.0 Å². The number of azo groups is 2. The minimum absolute atomic E-state index is 0.293. The Morgan fingerprint density at radius 1 is 0.636 bits per heavy atom. The number of aryl methyl sites for hydroxylation is 1. The predicted molar refractivity (Wildman–Crippen MR) is 135 cm³/mol. The highest BCUT2D eigenvalue weighted by Gasteiger charge is 2.01. The molecule has 0 aliphatic rings. The van der Waals surface area contributed by atoms with Crippen LogP contribution in [0.1, 0.15) is 52.0 Å². The van der Waals surface area contributed by atoms with E-state index in [2.05, 4.69) is 80.4 Å². The Balaban J connectivity index is 1.53. The molecule has 0 aliphatic carbocycles. The van der Waals surface area contributed by atoms with Crippen molar-refractivity contribution in [2.45, 2.75) is 52.9 Å². The second-order valence-corrected chi connectivity index (χ2v) is 7.81. The number of anilines is 1. The molecular weight excluding hydrogens is 410 g/mol. The summed E-state index contributed by atoms with van der Waals surface area (Å²) in [5.74, 6) is 0.293. The zero-order valence-corrected chi connectivity index (χ0v) is 19.9. The van der Waals surface area contributed by atoms with Gasteiger partial charge in [0.15, 0.2) is 0 Å². The molecule has 0 saturated heterocycles. The van der Waals surface area contributed by atoms with Gasteiger partial charge in [-0.3, -0.25) is 0 Å². The van der Waals surface area contributed by atoms with Crippen molar-refractivity contribution in [1.29, 1.82) is 0 Å². The molecule has 1 aromatic heterocycles. The van der Waals surface area contributed by atoms with Gasteiger partial charge < -0.3 is 4.90 Å². The quantitative estimate of drug-likeness (QED) is 0.209. The Bertz CT molecular complexity index is 1010. The standard InChI is InChI=1S/C26H33N7/c1-4-7-8-9-10-21-11-13-22(14-12-21)30-32-26-27-19-24(20-28-26)31-29-23-15-17-25(18-16-23)33(5-2)6-3/h11-20H,4-10H2,1-3H3. The van der Waals surface area contributed by atoms with Crippen molar-refractivity contribution < 1.29 is 0 Å². The summed E-state index contributed by atoms with van der Waals surface area (Å²) in [6.07, 6.45) is 9.37. The van der Waals surface area contributed by atoms with Crippen LogP contribution in [0.2, 0.25) is 0 Å². The van der Waals surface area contributed by atoms with Gasteiger partial charge in [0.1, 0.15) is 5.69 Å². The Labute approximate surface area is 196 Å². The molecule has 0 atom stereocenters. The van der Waals surface area contributed by atoms with E-state index in [0.717, 1.165) is 30.9 Å². The Kier molecular flexibility index (Phi) is 9.63. The van der Waals surface area contributed by atoms with E-state index in [1.165, 1.54) is 36.9 Å². The summed E-state index contributed by atoms with van der Waals surface area (Å²) in [6, 6.07) is 16.2. The predicted octanol–water partition coefficient (Wildman–Crippen LogP) is 8.28. The van der Waals surface area contributed by atoms with Crippen LogP contribution >= 0.6 is 0 Å². The molecule has 7 nitrogen and oxygen atoms in total. The van der Waals surface area contributed by atoms with E-state index in [-0.39, 0.29) is 0 Å². The van der Waals surface area contributed by atoms with Crippen LogP contribution in [-0.2, 0) is 6.42 Å². The van der Waals surface area contributed by atoms with Crippen LogP contribution in [0.5, 0.6) is 0 Å². The molecule has 0 bridgehead atoms. The molecule has 0 aliphatic heterocycles. The lowest BCUT2D eigenvalue weighted by Gasteiger charge is -2.20. The van der Waals surface area contributed by atoms with E-state index < -0.39 is 0 Å². The number of aromatic nitrogens is 2. The van der Waals surface area contributed by atoms with Gasteiger partial charge >= 0.3 is 0 Å². The molecule has 0 amide bonds. The van der Waals surface area contributed by atoms with Gasteiger partial charge in [-0.05, 0) is 68.7 Å². The van der Waals surface area contributed by atoms with Gasteiger partial charge in [-0.2, -0.15) is 5.11 Å². The van der Waals surface area contributed by atoms with Gasteiger partial charge in [0, 0.05) is 18.8 Å². The number of hydrogen-bond acceptors (Lipinski definition) is 7. The molecule has 7 heteroatoms. The molecular formula is C26H33N7. The first-order valence-corrected chi connectivity index (χ1v) is 11.8. The zero-order chi connectivity index (χ0) is 23.3. The number of nitrogens with zero attached hydrogens (tertiary/aromatic N) is 7. The molecule has 0 N–H and O–H groups in total. The van der Waals surface area contributed by atoms with Crippen molar-refractivity contribution in [3.8, 4) is 0 Å². The van der Waals surface area contributed by atoms with E-state index in [9.17, 15) is 0 Å². The maximum Gasteiger partial charge on any atom is 0.268 e. The summed E-state index contributed by atoms with van der Waals surface area (Å²) >= 11 is 0. The van der Waals surface area contributed by atoms with Gasteiger partial charge in [0.2, 0.25) is 0 Å². The molecule has 0 unspecified atom stereocenters. The minimum atomic E-state index is 0.293. The summed E-state index contributed by atoms with van der Waals surface area (Å²) in [4.78, 5) is 10.7. The van der Waals surface area contributed by atoms with E-state index >= 15 is 0 Å². The Morgan fingerprint density at radius 3 is 1.82 bits per heavy atom. The fourth-order valence-electron chi connectivity index (χ4n) is 3.44. The zero-order valence-electron chi connectivity index (χ0n) is 19.9. The topological polar surface area (TPSA) is 78.5 Å². The van der Waals surface area contributed by atoms with Gasteiger partial charge in [0.25, 0.3) is 5.95 Å². The van der Waals surface area contributed by atoms with E-state index in [0.29, 0.717) is 11.6 Å².